The number of unbranched alkanes of at least 4 members (excludes halogenated alkanes) is 1. The average Bonchev–Trinajstić information content (AvgIpc) is 2.04. The molecular weight excluding hydrogens is 187 g/mol. The summed E-state index contributed by atoms with van der Waals surface area (Å²) in [5.41, 5.74) is -0.455. The molecule has 3 nitrogen and oxygen atoms in total. The van der Waals surface area contributed by atoms with Crippen LogP contribution in [0.2, 0.25) is 0 Å². The molecule has 0 spiro atoms. The van der Waals surface area contributed by atoms with Crippen LogP contribution in [-0.4, -0.2) is 17.1 Å². The van der Waals surface area contributed by atoms with Gasteiger partial charge in [0.2, 0.25) is 5.52 Å². The molecule has 2 atom stereocenters. The van der Waals surface area contributed by atoms with E-state index in [1.807, 2.05) is 13.8 Å². The molecule has 0 saturated heterocycles. The summed E-state index contributed by atoms with van der Waals surface area (Å²) >= 11 is 0. The lowest BCUT2D eigenvalue weighted by atomic mass is 10.0. The normalized spacial score (nSPS) is 17.8. The van der Waals surface area contributed by atoms with Gasteiger partial charge in [-0.1, -0.05) is 26.7 Å². The van der Waals surface area contributed by atoms with E-state index in [0.29, 0.717) is 6.42 Å². The summed E-state index contributed by atoms with van der Waals surface area (Å²) in [5, 5.41) is 0. The highest BCUT2D eigenvalue weighted by atomic mass is 31.2. The molecule has 0 fully saturated rings. The van der Waals surface area contributed by atoms with Crippen molar-refractivity contribution in [3.63, 3.8) is 0 Å². The summed E-state index contributed by atoms with van der Waals surface area (Å²) in [5.74, 6) is -0.221. The molecule has 78 valence electrons. The fourth-order valence-electron chi connectivity index (χ4n) is 1.29. The third kappa shape index (κ3) is 4.58. The monoisotopic (exact) mass is 206 g/mol. The SMILES string of the molecule is CCCCC(CC)C(=O)P(C)(=O)O. The van der Waals surface area contributed by atoms with Gasteiger partial charge in [-0.3, -0.25) is 9.36 Å². The Morgan fingerprint density at radius 1 is 1.46 bits per heavy atom. The van der Waals surface area contributed by atoms with Crippen LogP contribution in [0, 0.1) is 5.92 Å². The van der Waals surface area contributed by atoms with Crippen molar-refractivity contribution in [1.29, 1.82) is 0 Å². The van der Waals surface area contributed by atoms with Crippen molar-refractivity contribution < 1.29 is 14.3 Å². The molecule has 4 heteroatoms. The van der Waals surface area contributed by atoms with Crippen molar-refractivity contribution in [2.75, 3.05) is 6.66 Å². The van der Waals surface area contributed by atoms with Crippen LogP contribution in [-0.2, 0) is 9.36 Å². The summed E-state index contributed by atoms with van der Waals surface area (Å²) < 4.78 is 11.1. The Balaban J connectivity index is 4.24. The van der Waals surface area contributed by atoms with E-state index in [1.54, 1.807) is 0 Å². The van der Waals surface area contributed by atoms with Gasteiger partial charge in [0.15, 0.2) is 0 Å². The number of carbonyl (C=O) groups is 1. The van der Waals surface area contributed by atoms with Crippen LogP contribution in [0.15, 0.2) is 0 Å². The Morgan fingerprint density at radius 3 is 2.31 bits per heavy atom. The number of carbonyl (C=O) groups excluding carboxylic acids is 1. The van der Waals surface area contributed by atoms with Gasteiger partial charge in [-0.05, 0) is 12.8 Å². The molecule has 0 rings (SSSR count). The summed E-state index contributed by atoms with van der Waals surface area (Å²) in [4.78, 5) is 20.5. The smallest absolute Gasteiger partial charge is 0.261 e. The fraction of sp³-hybridized carbons (Fsp3) is 0.889. The minimum Gasteiger partial charge on any atom is -0.339 e. The summed E-state index contributed by atoms with van der Waals surface area (Å²) in [6.45, 7) is 5.06. The Kier molecular flexibility index (Phi) is 5.50. The molecule has 1 N–H and O–H groups in total. The quantitative estimate of drug-likeness (QED) is 0.679. The maximum Gasteiger partial charge on any atom is 0.261 e. The molecule has 0 amide bonds. The van der Waals surface area contributed by atoms with Gasteiger partial charge in [0, 0.05) is 12.6 Å². The summed E-state index contributed by atoms with van der Waals surface area (Å²) in [6.07, 6.45) is 3.37. The van der Waals surface area contributed by atoms with Crippen LogP contribution in [0.3, 0.4) is 0 Å². The number of hydrogen-bond donors (Lipinski definition) is 1. The van der Waals surface area contributed by atoms with E-state index in [9.17, 15) is 9.36 Å². The van der Waals surface area contributed by atoms with Gasteiger partial charge in [0.05, 0.1) is 0 Å². The summed E-state index contributed by atoms with van der Waals surface area (Å²) in [6, 6.07) is 0. The zero-order chi connectivity index (χ0) is 10.5. The Labute approximate surface area is 80.0 Å². The molecule has 13 heavy (non-hydrogen) atoms. The molecule has 0 saturated carbocycles. The molecule has 2 unspecified atom stereocenters. The van der Waals surface area contributed by atoms with E-state index >= 15 is 0 Å². The van der Waals surface area contributed by atoms with Crippen molar-refractivity contribution in [3.8, 4) is 0 Å². The van der Waals surface area contributed by atoms with Crippen LogP contribution in [0.25, 0.3) is 0 Å². The lowest BCUT2D eigenvalue weighted by Gasteiger charge is -2.14. The first-order chi connectivity index (χ1) is 5.93. The molecule has 0 bridgehead atoms. The van der Waals surface area contributed by atoms with Crippen LogP contribution in [0.1, 0.15) is 39.5 Å². The van der Waals surface area contributed by atoms with Crippen molar-refractivity contribution in [3.05, 3.63) is 0 Å². The average molecular weight is 206 g/mol. The second-order valence-electron chi connectivity index (χ2n) is 3.46. The second-order valence-corrected chi connectivity index (χ2v) is 5.66. The maximum atomic E-state index is 11.4. The highest BCUT2D eigenvalue weighted by Gasteiger charge is 2.28. The van der Waals surface area contributed by atoms with E-state index in [1.165, 1.54) is 0 Å². The number of hydrogen-bond acceptors (Lipinski definition) is 2. The Morgan fingerprint density at radius 2 is 2.00 bits per heavy atom. The Bertz CT molecular complexity index is 207. The molecule has 0 aromatic carbocycles. The molecule has 0 aliphatic carbocycles. The largest absolute Gasteiger partial charge is 0.339 e. The van der Waals surface area contributed by atoms with Crippen LogP contribution < -0.4 is 0 Å². The second kappa shape index (κ2) is 5.56. The molecule has 0 aliphatic heterocycles. The van der Waals surface area contributed by atoms with E-state index in [2.05, 4.69) is 0 Å². The van der Waals surface area contributed by atoms with Gasteiger partial charge in [-0.15, -0.1) is 0 Å². The van der Waals surface area contributed by atoms with Crippen molar-refractivity contribution in [2.45, 2.75) is 39.5 Å². The molecule has 0 heterocycles. The van der Waals surface area contributed by atoms with E-state index in [4.69, 9.17) is 4.89 Å². The predicted molar refractivity (Wildman–Crippen MR) is 54.1 cm³/mol. The van der Waals surface area contributed by atoms with E-state index in [0.717, 1.165) is 25.9 Å². The van der Waals surface area contributed by atoms with Gasteiger partial charge in [0.1, 0.15) is 0 Å². The van der Waals surface area contributed by atoms with Crippen LogP contribution in [0.4, 0.5) is 0 Å². The van der Waals surface area contributed by atoms with Crippen LogP contribution >= 0.6 is 7.37 Å². The first-order valence-electron chi connectivity index (χ1n) is 4.78. The first-order valence-corrected chi connectivity index (χ1v) is 6.88. The van der Waals surface area contributed by atoms with Gasteiger partial charge in [-0.25, -0.2) is 0 Å². The van der Waals surface area contributed by atoms with Gasteiger partial charge >= 0.3 is 0 Å². The minimum atomic E-state index is -3.51. The summed E-state index contributed by atoms with van der Waals surface area (Å²) in [7, 11) is -3.51. The Hall–Kier alpha value is -0.140. The third-order valence-corrected chi connectivity index (χ3v) is 3.34. The van der Waals surface area contributed by atoms with Crippen LogP contribution in [0.5, 0.6) is 0 Å². The fourth-order valence-corrected chi connectivity index (χ4v) is 2.28. The number of rotatable bonds is 6. The van der Waals surface area contributed by atoms with Crippen molar-refractivity contribution in [1.82, 2.24) is 0 Å². The molecule has 0 radical (unpaired) electrons. The molecular formula is C9H19O3P. The van der Waals surface area contributed by atoms with Gasteiger partial charge < -0.3 is 4.89 Å². The molecule has 0 aliphatic rings. The molecule has 0 aromatic heterocycles. The molecule has 0 aromatic rings. The van der Waals surface area contributed by atoms with E-state index in [-0.39, 0.29) is 5.92 Å². The minimum absolute atomic E-state index is 0.221. The van der Waals surface area contributed by atoms with Crippen molar-refractivity contribution in [2.24, 2.45) is 5.92 Å². The third-order valence-electron chi connectivity index (χ3n) is 2.16. The lowest BCUT2D eigenvalue weighted by molar-refractivity contribution is -0.116. The standard InChI is InChI=1S/C9H19O3P/c1-4-6-7-8(5-2)9(10)13(3,11)12/h8H,4-7H2,1-3H3,(H,11,12). The van der Waals surface area contributed by atoms with Gasteiger partial charge in [-0.2, -0.15) is 0 Å². The van der Waals surface area contributed by atoms with E-state index < -0.39 is 12.9 Å². The highest BCUT2D eigenvalue weighted by molar-refractivity contribution is 7.74. The predicted octanol–water partition coefficient (Wildman–Crippen LogP) is 2.63. The highest BCUT2D eigenvalue weighted by Crippen LogP contribution is 2.41. The zero-order valence-electron chi connectivity index (χ0n) is 8.62. The topological polar surface area (TPSA) is 54.4 Å². The maximum absolute atomic E-state index is 11.4. The van der Waals surface area contributed by atoms with Crippen molar-refractivity contribution >= 4 is 12.9 Å². The first kappa shape index (κ1) is 12.9. The lowest BCUT2D eigenvalue weighted by Crippen LogP contribution is -2.13. The van der Waals surface area contributed by atoms with Gasteiger partial charge in [0.25, 0.3) is 7.37 Å². The zero-order valence-corrected chi connectivity index (χ0v) is 9.51.